The predicted octanol–water partition coefficient (Wildman–Crippen LogP) is 2.67. The quantitative estimate of drug-likeness (QED) is 0.294. The van der Waals surface area contributed by atoms with Gasteiger partial charge in [0.25, 0.3) is 0 Å². The van der Waals surface area contributed by atoms with Gasteiger partial charge in [0.2, 0.25) is 0 Å². The topological polar surface area (TPSA) is 83.7 Å². The lowest BCUT2D eigenvalue weighted by Crippen LogP contribution is -2.12. The van der Waals surface area contributed by atoms with Crippen molar-refractivity contribution in [2.45, 2.75) is 0 Å². The van der Waals surface area contributed by atoms with E-state index in [1.165, 1.54) is 26.0 Å². The minimum Gasteiger partial charge on any atom is -0.496 e. The molecule has 1 N–H and O–H groups in total. The molecule has 0 amide bonds. The number of carbonyl (C=O) groups excluding carboxylic acids is 1. The van der Waals surface area contributed by atoms with Gasteiger partial charge in [-0.15, -0.1) is 0 Å². The van der Waals surface area contributed by atoms with Gasteiger partial charge in [-0.1, -0.05) is 11.8 Å². The number of benzene rings is 1. The molecule has 1 aromatic carbocycles. The lowest BCUT2D eigenvalue weighted by Gasteiger charge is -2.10. The maximum Gasteiger partial charge on any atom is 0.341 e. The highest BCUT2D eigenvalue weighted by atomic mass is 79.9. The van der Waals surface area contributed by atoms with Gasteiger partial charge in [-0.05, 0) is 28.3 Å². The van der Waals surface area contributed by atoms with Crippen LogP contribution in [-0.2, 0) is 4.74 Å². The Morgan fingerprint density at radius 3 is 2.70 bits per heavy atom. The largest absolute Gasteiger partial charge is 0.496 e. The number of carbonyl (C=O) groups is 1. The molecular formula is C12H12BrN3O3S. The average Bonchev–Trinajstić information content (AvgIpc) is 2.47. The molecule has 0 bridgehead atoms. The summed E-state index contributed by atoms with van der Waals surface area (Å²) >= 11 is 4.62. The Kier molecular flexibility index (Phi) is 6.35. The molecule has 0 saturated carbocycles. The van der Waals surface area contributed by atoms with E-state index in [1.807, 2.05) is 0 Å². The fraction of sp³-hybridized carbons (Fsp3) is 0.250. The monoisotopic (exact) mass is 357 g/mol. The fourth-order valence-electron chi connectivity index (χ4n) is 1.35. The maximum absolute atomic E-state index is 11.6. The van der Waals surface area contributed by atoms with Crippen LogP contribution in [0.4, 0.5) is 5.69 Å². The molecule has 106 valence electrons. The Hall–Kier alpha value is -1.72. The van der Waals surface area contributed by atoms with E-state index in [4.69, 9.17) is 10.00 Å². The van der Waals surface area contributed by atoms with Crippen LogP contribution >= 0.6 is 27.7 Å². The maximum atomic E-state index is 11.6. The highest BCUT2D eigenvalue weighted by molar-refractivity contribution is 9.10. The second-order valence-corrected chi connectivity index (χ2v) is 5.00. The first-order valence-corrected chi connectivity index (χ1v) is 7.32. The van der Waals surface area contributed by atoms with Gasteiger partial charge in [0.05, 0.1) is 19.9 Å². The number of halogens is 1. The number of aliphatic imine (C=N–C) groups is 1. The number of esters is 1. The van der Waals surface area contributed by atoms with Crippen molar-refractivity contribution < 1.29 is 14.3 Å². The number of rotatable bonds is 3. The average molecular weight is 358 g/mol. The van der Waals surface area contributed by atoms with Gasteiger partial charge in [0, 0.05) is 10.5 Å². The fourth-order valence-corrected chi connectivity index (χ4v) is 2.12. The van der Waals surface area contributed by atoms with Gasteiger partial charge >= 0.3 is 5.97 Å². The molecule has 0 fully saturated rings. The number of hydrogen-bond donors (Lipinski definition) is 1. The van der Waals surface area contributed by atoms with Crippen LogP contribution in [0.2, 0.25) is 0 Å². The molecule has 1 rings (SSSR count). The normalized spacial score (nSPS) is 10.7. The summed E-state index contributed by atoms with van der Waals surface area (Å²) in [6.45, 7) is 0. The second-order valence-electron chi connectivity index (χ2n) is 3.35. The molecule has 20 heavy (non-hydrogen) atoms. The molecule has 0 aliphatic carbocycles. The van der Waals surface area contributed by atoms with E-state index < -0.39 is 5.97 Å². The Balaban J connectivity index is 3.31. The van der Waals surface area contributed by atoms with Crippen LogP contribution in [0, 0.1) is 11.5 Å². The van der Waals surface area contributed by atoms with E-state index in [-0.39, 0.29) is 0 Å². The third kappa shape index (κ3) is 3.88. The first-order valence-electron chi connectivity index (χ1n) is 5.31. The number of methoxy groups -OCH3 is 2. The molecule has 8 heteroatoms. The van der Waals surface area contributed by atoms with Crippen molar-refractivity contribution >= 4 is 44.5 Å². The number of ether oxygens (including phenoxy) is 2. The number of nitrogens with zero attached hydrogens (tertiary/aromatic N) is 2. The zero-order chi connectivity index (χ0) is 15.1. The van der Waals surface area contributed by atoms with E-state index >= 15 is 0 Å². The highest BCUT2D eigenvalue weighted by Crippen LogP contribution is 2.34. The first kappa shape index (κ1) is 16.3. The van der Waals surface area contributed by atoms with Crippen molar-refractivity contribution in [3.05, 3.63) is 22.2 Å². The van der Waals surface area contributed by atoms with E-state index in [2.05, 4.69) is 31.0 Å². The summed E-state index contributed by atoms with van der Waals surface area (Å²) in [5.41, 5.74) is 0.821. The summed E-state index contributed by atoms with van der Waals surface area (Å²) in [6.07, 6.45) is 3.59. The number of nitrogens with one attached hydrogen (secondary N) is 1. The van der Waals surface area contributed by atoms with E-state index in [0.717, 1.165) is 0 Å². The third-order valence-corrected chi connectivity index (χ3v) is 3.47. The molecule has 0 aliphatic rings. The molecule has 0 aliphatic heterocycles. The Labute approximate surface area is 129 Å². The Bertz CT molecular complexity index is 584. The molecule has 0 unspecified atom stereocenters. The Morgan fingerprint density at radius 2 is 2.20 bits per heavy atom. The highest BCUT2D eigenvalue weighted by Gasteiger charge is 2.16. The third-order valence-electron chi connectivity index (χ3n) is 2.25. The van der Waals surface area contributed by atoms with Crippen LogP contribution in [0.1, 0.15) is 10.4 Å². The van der Waals surface area contributed by atoms with Crippen molar-refractivity contribution in [1.82, 2.24) is 5.32 Å². The molecule has 0 spiro atoms. The lowest BCUT2D eigenvalue weighted by atomic mass is 10.2. The van der Waals surface area contributed by atoms with Crippen LogP contribution in [0.3, 0.4) is 0 Å². The van der Waals surface area contributed by atoms with Crippen LogP contribution < -0.4 is 10.1 Å². The van der Waals surface area contributed by atoms with Crippen molar-refractivity contribution in [2.24, 2.45) is 4.99 Å². The number of thioether (sulfide) groups is 1. The number of hydrogen-bond acceptors (Lipinski definition) is 6. The summed E-state index contributed by atoms with van der Waals surface area (Å²) in [6, 6.07) is 3.15. The summed E-state index contributed by atoms with van der Waals surface area (Å²) in [5.74, 6) is -0.158. The molecular weight excluding hydrogens is 346 g/mol. The molecule has 0 heterocycles. The van der Waals surface area contributed by atoms with Crippen LogP contribution in [0.15, 0.2) is 21.6 Å². The van der Waals surface area contributed by atoms with Gasteiger partial charge in [-0.3, -0.25) is 5.32 Å². The van der Waals surface area contributed by atoms with Gasteiger partial charge < -0.3 is 9.47 Å². The van der Waals surface area contributed by atoms with Gasteiger partial charge in [-0.25, -0.2) is 9.79 Å². The minimum atomic E-state index is -0.502. The van der Waals surface area contributed by atoms with Crippen molar-refractivity contribution in [1.29, 1.82) is 5.26 Å². The van der Waals surface area contributed by atoms with Crippen LogP contribution in [0.25, 0.3) is 0 Å². The number of nitriles is 1. The zero-order valence-corrected chi connectivity index (χ0v) is 13.5. The van der Waals surface area contributed by atoms with Crippen LogP contribution in [0.5, 0.6) is 5.75 Å². The van der Waals surface area contributed by atoms with Crippen LogP contribution in [-0.4, -0.2) is 31.6 Å². The number of amidine groups is 1. The first-order chi connectivity index (χ1) is 9.57. The van der Waals surface area contributed by atoms with Gasteiger partial charge in [0.1, 0.15) is 11.3 Å². The SMILES string of the molecule is COC(=O)c1cc(Br)c(N=C(NC#N)SC)cc1OC. The molecule has 1 aromatic rings. The molecule has 0 saturated heterocycles. The lowest BCUT2D eigenvalue weighted by molar-refractivity contribution is 0.0597. The van der Waals surface area contributed by atoms with E-state index in [1.54, 1.807) is 24.6 Å². The summed E-state index contributed by atoms with van der Waals surface area (Å²) < 4.78 is 10.4. The molecule has 6 nitrogen and oxygen atoms in total. The van der Waals surface area contributed by atoms with Crippen molar-refractivity contribution in [3.63, 3.8) is 0 Å². The van der Waals surface area contributed by atoms with Crippen molar-refractivity contribution in [3.8, 4) is 11.9 Å². The van der Waals surface area contributed by atoms with Gasteiger partial charge in [0.15, 0.2) is 11.4 Å². The zero-order valence-electron chi connectivity index (χ0n) is 11.1. The standard InChI is InChI=1S/C12H12BrN3O3S/c1-18-10-5-9(16-12(20-3)15-6-14)8(13)4-7(10)11(17)19-2/h4-5H,1-3H3,(H,15,16). The molecule has 0 radical (unpaired) electrons. The second kappa shape index (κ2) is 7.77. The summed E-state index contributed by atoms with van der Waals surface area (Å²) in [7, 11) is 2.75. The summed E-state index contributed by atoms with van der Waals surface area (Å²) in [4.78, 5) is 15.9. The Morgan fingerprint density at radius 1 is 1.50 bits per heavy atom. The summed E-state index contributed by atoms with van der Waals surface area (Å²) in [5, 5.41) is 11.5. The van der Waals surface area contributed by atoms with Crippen molar-refractivity contribution in [2.75, 3.05) is 20.5 Å². The van der Waals surface area contributed by atoms with Gasteiger partial charge in [-0.2, -0.15) is 5.26 Å². The molecule has 0 atom stereocenters. The molecule has 0 aromatic heterocycles. The predicted molar refractivity (Wildman–Crippen MR) is 81.4 cm³/mol. The van der Waals surface area contributed by atoms with E-state index in [0.29, 0.717) is 26.6 Å². The smallest absolute Gasteiger partial charge is 0.341 e. The van der Waals surface area contributed by atoms with E-state index in [9.17, 15) is 4.79 Å². The minimum absolute atomic E-state index is 0.291.